The lowest BCUT2D eigenvalue weighted by Crippen LogP contribution is -2.37. The van der Waals surface area contributed by atoms with Crippen molar-refractivity contribution in [2.75, 3.05) is 7.05 Å². The van der Waals surface area contributed by atoms with Crippen LogP contribution in [0.4, 0.5) is 0 Å². The third-order valence-electron chi connectivity index (χ3n) is 7.36. The summed E-state index contributed by atoms with van der Waals surface area (Å²) in [7, 11) is 2.26. The molecule has 5 rings (SSSR count). The number of hydrogen-bond donors (Lipinski definition) is 0. The van der Waals surface area contributed by atoms with E-state index < -0.39 is 0 Å². The van der Waals surface area contributed by atoms with Gasteiger partial charge >= 0.3 is 0 Å². The van der Waals surface area contributed by atoms with Crippen molar-refractivity contribution in [3.05, 3.63) is 112 Å². The van der Waals surface area contributed by atoms with Gasteiger partial charge in [0.05, 0.1) is 5.54 Å². The maximum absolute atomic E-state index is 2.49. The Hall–Kier alpha value is -3.17. The molecule has 0 spiro atoms. The molecule has 0 aliphatic carbocycles. The van der Waals surface area contributed by atoms with E-state index in [1.54, 1.807) is 0 Å². The van der Waals surface area contributed by atoms with Crippen LogP contribution in [-0.4, -0.2) is 11.9 Å². The molecule has 0 saturated carbocycles. The Morgan fingerprint density at radius 3 is 2.41 bits per heavy atom. The standard InChI is InChI=1S/C31H33N2S/c1-6-33-25-15-10-11-17-27(25)34-28(33)18-12-16-26-29-22(2)19-20-23(3)30(29)31(4,32(26)5)21-24-13-8-7-9-14-24/h7-20H,6,21H2,1-5H3/q+1. The van der Waals surface area contributed by atoms with E-state index in [0.717, 1.165) is 13.0 Å². The second kappa shape index (κ2) is 8.88. The summed E-state index contributed by atoms with van der Waals surface area (Å²) in [5.74, 6) is 0. The van der Waals surface area contributed by atoms with Crippen molar-refractivity contribution in [2.45, 2.75) is 46.2 Å². The topological polar surface area (TPSA) is 7.12 Å². The SMILES string of the molecule is CC[n+]1c(C=CC=C2c3c(C)ccc(C)c3C(C)(Cc3ccccc3)N2C)sc2ccccc21. The molecule has 1 aliphatic rings. The molecule has 2 heterocycles. The van der Waals surface area contributed by atoms with Crippen molar-refractivity contribution in [2.24, 2.45) is 0 Å². The summed E-state index contributed by atoms with van der Waals surface area (Å²) in [6, 6.07) is 24.1. The Kier molecular flexibility index (Phi) is 5.91. The van der Waals surface area contributed by atoms with Crippen LogP contribution < -0.4 is 4.57 Å². The molecule has 0 radical (unpaired) electrons. The number of nitrogens with zero attached hydrogens (tertiary/aromatic N) is 2. The van der Waals surface area contributed by atoms with E-state index in [1.165, 1.54) is 48.7 Å². The largest absolute Gasteiger partial charge is 0.364 e. The summed E-state index contributed by atoms with van der Waals surface area (Å²) in [6.45, 7) is 10.1. The van der Waals surface area contributed by atoms with Crippen LogP contribution in [0.2, 0.25) is 0 Å². The second-order valence-corrected chi connectivity index (χ2v) is 10.6. The van der Waals surface area contributed by atoms with Gasteiger partial charge in [0.15, 0.2) is 0 Å². The lowest BCUT2D eigenvalue weighted by Gasteiger charge is -2.36. The Balaban J connectivity index is 1.58. The van der Waals surface area contributed by atoms with Crippen LogP contribution in [0.25, 0.3) is 22.0 Å². The van der Waals surface area contributed by atoms with E-state index in [9.17, 15) is 0 Å². The van der Waals surface area contributed by atoms with Crippen LogP contribution in [-0.2, 0) is 18.5 Å². The number of likely N-dealkylation sites (N-methyl/N-ethyl adjacent to an activating group) is 1. The average Bonchev–Trinajstić information content (AvgIpc) is 3.30. The van der Waals surface area contributed by atoms with Crippen molar-refractivity contribution in [1.29, 1.82) is 0 Å². The van der Waals surface area contributed by atoms with Gasteiger partial charge in [0.1, 0.15) is 11.2 Å². The van der Waals surface area contributed by atoms with E-state index in [-0.39, 0.29) is 5.54 Å². The highest BCUT2D eigenvalue weighted by Gasteiger charge is 2.43. The van der Waals surface area contributed by atoms with E-state index in [4.69, 9.17) is 0 Å². The molecule has 0 bridgehead atoms. The number of allylic oxidation sites excluding steroid dienone is 2. The van der Waals surface area contributed by atoms with E-state index in [2.05, 4.69) is 129 Å². The van der Waals surface area contributed by atoms with Gasteiger partial charge in [0.25, 0.3) is 5.01 Å². The smallest absolute Gasteiger partial charge is 0.262 e. The molecular formula is C31H33N2S+. The first kappa shape index (κ1) is 22.6. The van der Waals surface area contributed by atoms with Gasteiger partial charge in [-0.15, -0.1) is 0 Å². The zero-order valence-electron chi connectivity index (χ0n) is 20.8. The molecule has 1 atom stereocenters. The maximum Gasteiger partial charge on any atom is 0.262 e. The maximum atomic E-state index is 2.49. The number of hydrogen-bond acceptors (Lipinski definition) is 2. The predicted octanol–water partition coefficient (Wildman–Crippen LogP) is 7.28. The van der Waals surface area contributed by atoms with Crippen LogP contribution in [0.5, 0.6) is 0 Å². The third-order valence-corrected chi connectivity index (χ3v) is 8.49. The Labute approximate surface area is 207 Å². The molecule has 172 valence electrons. The number of rotatable bonds is 5. The lowest BCUT2D eigenvalue weighted by molar-refractivity contribution is -0.665. The van der Waals surface area contributed by atoms with Crippen LogP contribution in [0.15, 0.2) is 78.9 Å². The van der Waals surface area contributed by atoms with Gasteiger partial charge in [0.2, 0.25) is 5.52 Å². The van der Waals surface area contributed by atoms with Crippen LogP contribution in [0.1, 0.15) is 46.7 Å². The monoisotopic (exact) mass is 465 g/mol. The summed E-state index contributed by atoms with van der Waals surface area (Å²) >= 11 is 1.86. The number of benzene rings is 3. The molecule has 0 fully saturated rings. The van der Waals surface area contributed by atoms with E-state index >= 15 is 0 Å². The minimum atomic E-state index is -0.0899. The Bertz CT molecular complexity index is 1410. The quantitative estimate of drug-likeness (QED) is 0.281. The van der Waals surface area contributed by atoms with Crippen LogP contribution in [0.3, 0.4) is 0 Å². The summed E-state index contributed by atoms with van der Waals surface area (Å²) in [5, 5.41) is 1.29. The summed E-state index contributed by atoms with van der Waals surface area (Å²) in [6.07, 6.45) is 7.80. The molecule has 0 saturated heterocycles. The molecule has 2 nitrogen and oxygen atoms in total. The first-order valence-electron chi connectivity index (χ1n) is 12.1. The highest BCUT2D eigenvalue weighted by molar-refractivity contribution is 7.18. The molecule has 34 heavy (non-hydrogen) atoms. The van der Waals surface area contributed by atoms with E-state index in [1.807, 2.05) is 11.3 Å². The average molecular weight is 466 g/mol. The minimum absolute atomic E-state index is 0.0899. The molecule has 1 aliphatic heterocycles. The zero-order chi connectivity index (χ0) is 23.9. The number of aryl methyl sites for hydroxylation is 3. The number of fused-ring (bicyclic) bond motifs is 2. The van der Waals surface area contributed by atoms with Gasteiger partial charge in [-0.2, -0.15) is 4.57 Å². The van der Waals surface area contributed by atoms with E-state index in [0.29, 0.717) is 0 Å². The minimum Gasteiger partial charge on any atom is -0.364 e. The van der Waals surface area contributed by atoms with Crippen molar-refractivity contribution in [3.8, 4) is 0 Å². The normalized spacial score (nSPS) is 19.0. The molecule has 3 heteroatoms. The summed E-state index contributed by atoms with van der Waals surface area (Å²) in [4.78, 5) is 2.49. The predicted molar refractivity (Wildman–Crippen MR) is 146 cm³/mol. The van der Waals surface area contributed by atoms with Crippen molar-refractivity contribution in [3.63, 3.8) is 0 Å². The van der Waals surface area contributed by atoms with Crippen molar-refractivity contribution in [1.82, 2.24) is 4.90 Å². The first-order valence-corrected chi connectivity index (χ1v) is 12.9. The zero-order valence-corrected chi connectivity index (χ0v) is 21.6. The molecule has 0 N–H and O–H groups in total. The first-order chi connectivity index (χ1) is 16.4. The lowest BCUT2D eigenvalue weighted by atomic mass is 9.82. The summed E-state index contributed by atoms with van der Waals surface area (Å²) < 4.78 is 3.73. The molecule has 3 aromatic carbocycles. The fourth-order valence-corrected chi connectivity index (χ4v) is 6.70. The number of thiazole rings is 1. The van der Waals surface area contributed by atoms with Crippen LogP contribution in [0, 0.1) is 13.8 Å². The fourth-order valence-electron chi connectivity index (χ4n) is 5.56. The third kappa shape index (κ3) is 3.69. The van der Waals surface area contributed by atoms with Gasteiger partial charge in [-0.05, 0) is 68.5 Å². The molecule has 0 amide bonds. The molecular weight excluding hydrogens is 432 g/mol. The van der Waals surface area contributed by atoms with Gasteiger partial charge < -0.3 is 4.90 Å². The second-order valence-electron chi connectivity index (χ2n) is 9.51. The van der Waals surface area contributed by atoms with Gasteiger partial charge in [-0.3, -0.25) is 0 Å². The fraction of sp³-hybridized carbons (Fsp3) is 0.258. The molecule has 4 aromatic rings. The highest BCUT2D eigenvalue weighted by Crippen LogP contribution is 2.49. The van der Waals surface area contributed by atoms with Crippen LogP contribution >= 0.6 is 11.3 Å². The Morgan fingerprint density at radius 2 is 1.65 bits per heavy atom. The number of aromatic nitrogens is 1. The van der Waals surface area contributed by atoms with Gasteiger partial charge in [0, 0.05) is 30.5 Å². The van der Waals surface area contributed by atoms with Crippen molar-refractivity contribution < 1.29 is 4.57 Å². The Morgan fingerprint density at radius 1 is 0.941 bits per heavy atom. The van der Waals surface area contributed by atoms with Gasteiger partial charge in [-0.25, -0.2) is 0 Å². The molecule has 1 unspecified atom stereocenters. The molecule has 1 aromatic heterocycles. The summed E-state index contributed by atoms with van der Waals surface area (Å²) in [5.41, 5.74) is 9.46. The number of para-hydroxylation sites is 1. The van der Waals surface area contributed by atoms with Crippen molar-refractivity contribution >= 4 is 33.3 Å². The highest BCUT2D eigenvalue weighted by atomic mass is 32.1. The van der Waals surface area contributed by atoms with Gasteiger partial charge in [-0.1, -0.05) is 72.0 Å².